The zero-order valence-electron chi connectivity index (χ0n) is 17.3. The molecule has 2 heterocycles. The molecule has 1 aliphatic heterocycles. The molecule has 1 saturated heterocycles. The Kier molecular flexibility index (Phi) is 8.49. The van der Waals surface area contributed by atoms with Crippen LogP contribution in [0.3, 0.4) is 0 Å². The van der Waals surface area contributed by atoms with Crippen LogP contribution in [-0.2, 0) is 14.3 Å². The monoisotopic (exact) mass is 423 g/mol. The number of nitrogens with zero attached hydrogens (tertiary/aromatic N) is 3. The summed E-state index contributed by atoms with van der Waals surface area (Å²) in [6.07, 6.45) is 1.28. The van der Waals surface area contributed by atoms with Gasteiger partial charge in [0.15, 0.2) is 5.82 Å². The fraction of sp³-hybridized carbons (Fsp3) is 0.684. The number of rotatable bonds is 9. The fourth-order valence-electron chi connectivity index (χ4n) is 3.12. The van der Waals surface area contributed by atoms with Crippen LogP contribution in [-0.4, -0.2) is 70.2 Å². The summed E-state index contributed by atoms with van der Waals surface area (Å²) < 4.78 is 5.78. The van der Waals surface area contributed by atoms with Crippen LogP contribution >= 0.6 is 11.8 Å². The molecule has 1 fully saturated rings. The van der Waals surface area contributed by atoms with Gasteiger partial charge in [0.2, 0.25) is 11.8 Å². The number of carbonyl (C=O) groups excluding carboxylic acids is 2. The first kappa shape index (κ1) is 23.2. The molecule has 0 spiro atoms. The van der Waals surface area contributed by atoms with E-state index in [9.17, 15) is 20.0 Å². The van der Waals surface area contributed by atoms with E-state index in [2.05, 4.69) is 15.5 Å². The van der Waals surface area contributed by atoms with Crippen molar-refractivity contribution in [3.8, 4) is 6.07 Å². The summed E-state index contributed by atoms with van der Waals surface area (Å²) in [5.74, 6) is 0.140. The van der Waals surface area contributed by atoms with Crippen molar-refractivity contribution in [2.45, 2.75) is 50.8 Å². The Morgan fingerprint density at radius 2 is 2.14 bits per heavy atom. The SMILES string of the molecule is CSc1[nH]nc(NC(=O)C[C@@H](C)COC2CN(C(=O)CC(C)C)CC2O)c1C#N. The van der Waals surface area contributed by atoms with Crippen LogP contribution in [0.25, 0.3) is 0 Å². The molecular formula is C19H29N5O4S. The molecule has 2 rings (SSSR count). The third kappa shape index (κ3) is 6.45. The zero-order valence-corrected chi connectivity index (χ0v) is 18.1. The average Bonchev–Trinajstić information content (AvgIpc) is 3.21. The number of hydrogen-bond acceptors (Lipinski definition) is 7. The van der Waals surface area contributed by atoms with Crippen LogP contribution in [0.15, 0.2) is 5.03 Å². The lowest BCUT2D eigenvalue weighted by Gasteiger charge is -2.19. The molecule has 0 saturated carbocycles. The maximum Gasteiger partial charge on any atom is 0.225 e. The number of ether oxygens (including phenoxy) is 1. The van der Waals surface area contributed by atoms with Gasteiger partial charge in [-0.25, -0.2) is 0 Å². The van der Waals surface area contributed by atoms with Gasteiger partial charge in [-0.2, -0.15) is 10.4 Å². The summed E-state index contributed by atoms with van der Waals surface area (Å²) in [6, 6.07) is 2.03. The van der Waals surface area contributed by atoms with Gasteiger partial charge in [0.1, 0.15) is 22.8 Å². The Labute approximate surface area is 175 Å². The molecule has 3 atom stereocenters. The molecule has 0 aliphatic carbocycles. The van der Waals surface area contributed by atoms with Gasteiger partial charge in [-0.15, -0.1) is 11.8 Å². The quantitative estimate of drug-likeness (QED) is 0.514. The van der Waals surface area contributed by atoms with Crippen LogP contribution in [0.4, 0.5) is 5.82 Å². The van der Waals surface area contributed by atoms with Crippen molar-refractivity contribution in [3.63, 3.8) is 0 Å². The van der Waals surface area contributed by atoms with Crippen molar-refractivity contribution >= 4 is 29.4 Å². The topological polar surface area (TPSA) is 131 Å². The Balaban J connectivity index is 1.79. The molecule has 1 aromatic heterocycles. The lowest BCUT2D eigenvalue weighted by Crippen LogP contribution is -2.31. The first-order valence-corrected chi connectivity index (χ1v) is 10.9. The summed E-state index contributed by atoms with van der Waals surface area (Å²) in [6.45, 7) is 6.75. The highest BCUT2D eigenvalue weighted by Crippen LogP contribution is 2.23. The number of anilines is 1. The van der Waals surface area contributed by atoms with Crippen molar-refractivity contribution in [2.75, 3.05) is 31.3 Å². The minimum absolute atomic E-state index is 0.0227. The van der Waals surface area contributed by atoms with E-state index in [4.69, 9.17) is 4.74 Å². The molecule has 160 valence electrons. The molecular weight excluding hydrogens is 394 g/mol. The van der Waals surface area contributed by atoms with Crippen LogP contribution < -0.4 is 5.32 Å². The first-order chi connectivity index (χ1) is 13.7. The minimum Gasteiger partial charge on any atom is -0.388 e. The largest absolute Gasteiger partial charge is 0.388 e. The minimum atomic E-state index is -0.723. The summed E-state index contributed by atoms with van der Waals surface area (Å²) in [7, 11) is 0. The lowest BCUT2D eigenvalue weighted by molar-refractivity contribution is -0.131. The van der Waals surface area contributed by atoms with Gasteiger partial charge in [0.25, 0.3) is 0 Å². The average molecular weight is 424 g/mol. The molecule has 3 N–H and O–H groups in total. The number of hydrogen-bond donors (Lipinski definition) is 3. The third-order valence-corrected chi connectivity index (χ3v) is 5.31. The highest BCUT2D eigenvalue weighted by molar-refractivity contribution is 7.98. The second-order valence-electron chi connectivity index (χ2n) is 7.79. The number of aliphatic hydroxyl groups excluding tert-OH is 1. The van der Waals surface area contributed by atoms with E-state index in [0.717, 1.165) is 0 Å². The number of aromatic amines is 1. The van der Waals surface area contributed by atoms with Crippen molar-refractivity contribution in [2.24, 2.45) is 11.8 Å². The molecule has 2 unspecified atom stereocenters. The molecule has 1 aromatic rings. The summed E-state index contributed by atoms with van der Waals surface area (Å²) in [5, 5.41) is 29.3. The number of likely N-dealkylation sites (tertiary alicyclic amines) is 1. The number of thioether (sulfide) groups is 1. The number of nitriles is 1. The van der Waals surface area contributed by atoms with E-state index < -0.39 is 12.2 Å². The van der Waals surface area contributed by atoms with Gasteiger partial charge in [-0.3, -0.25) is 14.7 Å². The highest BCUT2D eigenvalue weighted by Gasteiger charge is 2.35. The van der Waals surface area contributed by atoms with Crippen LogP contribution in [0, 0.1) is 23.2 Å². The fourth-order valence-corrected chi connectivity index (χ4v) is 3.60. The molecule has 1 aliphatic rings. The lowest BCUT2D eigenvalue weighted by atomic mass is 10.1. The molecule has 29 heavy (non-hydrogen) atoms. The number of amides is 2. The molecule has 0 bridgehead atoms. The second-order valence-corrected chi connectivity index (χ2v) is 8.60. The number of β-amino-alcohol motifs (C(OH)–C–C–N with tert-alkyl or cyclic N) is 1. The smallest absolute Gasteiger partial charge is 0.225 e. The maximum absolute atomic E-state index is 12.3. The van der Waals surface area contributed by atoms with Gasteiger partial charge in [-0.1, -0.05) is 20.8 Å². The van der Waals surface area contributed by atoms with E-state index in [1.807, 2.05) is 33.1 Å². The number of H-pyrrole nitrogens is 1. The van der Waals surface area contributed by atoms with Gasteiger partial charge in [0, 0.05) is 25.9 Å². The Hall–Kier alpha value is -2.09. The summed E-state index contributed by atoms with van der Waals surface area (Å²) >= 11 is 1.35. The first-order valence-electron chi connectivity index (χ1n) is 9.64. The highest BCUT2D eigenvalue weighted by atomic mass is 32.2. The zero-order chi connectivity index (χ0) is 21.6. The van der Waals surface area contributed by atoms with Crippen LogP contribution in [0.2, 0.25) is 0 Å². The van der Waals surface area contributed by atoms with Crippen molar-refractivity contribution in [1.29, 1.82) is 5.26 Å². The molecule has 10 heteroatoms. The number of carbonyl (C=O) groups is 2. The van der Waals surface area contributed by atoms with Gasteiger partial charge in [0.05, 0.1) is 12.7 Å². The summed E-state index contributed by atoms with van der Waals surface area (Å²) in [5.41, 5.74) is 0.315. The normalized spacial score (nSPS) is 20.0. The van der Waals surface area contributed by atoms with E-state index in [1.54, 1.807) is 4.90 Å². The Bertz CT molecular complexity index is 760. The number of aliphatic hydroxyl groups is 1. The molecule has 0 radical (unpaired) electrons. The molecule has 0 aromatic carbocycles. The molecule has 2 amide bonds. The predicted molar refractivity (Wildman–Crippen MR) is 109 cm³/mol. The number of aromatic nitrogens is 2. The third-order valence-electron chi connectivity index (χ3n) is 4.61. The van der Waals surface area contributed by atoms with Crippen molar-refractivity contribution in [3.05, 3.63) is 5.56 Å². The van der Waals surface area contributed by atoms with Gasteiger partial charge < -0.3 is 20.1 Å². The summed E-state index contributed by atoms with van der Waals surface area (Å²) in [4.78, 5) is 26.0. The van der Waals surface area contributed by atoms with E-state index in [0.29, 0.717) is 23.6 Å². The second kappa shape index (κ2) is 10.6. The van der Waals surface area contributed by atoms with Crippen LogP contribution in [0.1, 0.15) is 39.2 Å². The van der Waals surface area contributed by atoms with E-state index >= 15 is 0 Å². The van der Waals surface area contributed by atoms with E-state index in [1.165, 1.54) is 11.8 Å². The van der Waals surface area contributed by atoms with Crippen molar-refractivity contribution in [1.82, 2.24) is 15.1 Å². The number of nitrogens with one attached hydrogen (secondary N) is 2. The van der Waals surface area contributed by atoms with Crippen LogP contribution in [0.5, 0.6) is 0 Å². The Morgan fingerprint density at radius 1 is 1.41 bits per heavy atom. The van der Waals surface area contributed by atoms with Crippen molar-refractivity contribution < 1.29 is 19.4 Å². The Morgan fingerprint density at radius 3 is 2.76 bits per heavy atom. The maximum atomic E-state index is 12.3. The standard InChI is InChI=1S/C19H29N5O4S/c1-11(2)5-17(27)24-8-14(25)15(9-24)28-10-12(3)6-16(26)21-18-13(7-20)19(29-4)23-22-18/h11-12,14-15,25H,5-6,8-10H2,1-4H3,(H2,21,22,23,26)/t12-,14?,15?/m1/s1. The van der Waals surface area contributed by atoms with Gasteiger partial charge in [-0.05, 0) is 18.1 Å². The predicted octanol–water partition coefficient (Wildman–Crippen LogP) is 1.60. The van der Waals surface area contributed by atoms with E-state index in [-0.39, 0.29) is 49.0 Å². The molecule has 9 nitrogen and oxygen atoms in total. The van der Waals surface area contributed by atoms with Gasteiger partial charge >= 0.3 is 0 Å².